The van der Waals surface area contributed by atoms with Crippen LogP contribution in [0.4, 0.5) is 10.6 Å². The summed E-state index contributed by atoms with van der Waals surface area (Å²) in [6, 6.07) is 13.6. The molecule has 1 aromatic carbocycles. The lowest BCUT2D eigenvalue weighted by Gasteiger charge is -2.39. The van der Waals surface area contributed by atoms with Crippen LogP contribution in [0.15, 0.2) is 53.6 Å². The monoisotopic (exact) mass is 456 g/mol. The van der Waals surface area contributed by atoms with Gasteiger partial charge < -0.3 is 4.74 Å². The van der Waals surface area contributed by atoms with Gasteiger partial charge in [0.25, 0.3) is 0 Å². The molecule has 3 fully saturated rings. The molecule has 4 heterocycles. The molecule has 1 spiro atoms. The average Bonchev–Trinajstić information content (AvgIpc) is 3.43. The van der Waals surface area contributed by atoms with E-state index in [9.17, 15) is 13.2 Å². The van der Waals surface area contributed by atoms with Gasteiger partial charge in [-0.1, -0.05) is 30.3 Å². The molecule has 9 heteroatoms. The van der Waals surface area contributed by atoms with Crippen molar-refractivity contribution >= 4 is 21.9 Å². The molecule has 1 amide bonds. The molecule has 0 radical (unpaired) electrons. The first-order chi connectivity index (χ1) is 15.5. The molecule has 0 atom stereocenters. The van der Waals surface area contributed by atoms with Gasteiger partial charge in [0, 0.05) is 25.8 Å². The van der Waals surface area contributed by atoms with Gasteiger partial charge in [-0.05, 0) is 55.5 Å². The Morgan fingerprint density at radius 2 is 1.72 bits per heavy atom. The number of likely N-dealkylation sites (tertiary alicyclic amines) is 1. The lowest BCUT2D eigenvalue weighted by atomic mass is 9.78. The van der Waals surface area contributed by atoms with Gasteiger partial charge in [-0.2, -0.15) is 4.31 Å². The number of hydrogen-bond donors (Lipinski definition) is 0. The minimum Gasteiger partial charge on any atom is -0.447 e. The minimum atomic E-state index is -3.61. The Morgan fingerprint density at radius 3 is 2.38 bits per heavy atom. The number of pyridine rings is 1. The van der Waals surface area contributed by atoms with E-state index in [1.165, 1.54) is 22.7 Å². The first-order valence-corrected chi connectivity index (χ1v) is 12.6. The molecule has 0 bridgehead atoms. The summed E-state index contributed by atoms with van der Waals surface area (Å²) in [6.45, 7) is 4.78. The normalized spacial score (nSPS) is 21.9. The van der Waals surface area contributed by atoms with E-state index < -0.39 is 16.1 Å². The van der Waals surface area contributed by atoms with Gasteiger partial charge in [0.1, 0.15) is 17.3 Å². The minimum absolute atomic E-state index is 0.0624. The Balaban J connectivity index is 1.21. The summed E-state index contributed by atoms with van der Waals surface area (Å²) < 4.78 is 33.0. The molecule has 0 saturated carbocycles. The second kappa shape index (κ2) is 8.46. The van der Waals surface area contributed by atoms with Gasteiger partial charge in [-0.3, -0.25) is 9.80 Å². The van der Waals surface area contributed by atoms with Crippen molar-refractivity contribution in [1.82, 2.24) is 14.2 Å². The number of hydrogen-bond acceptors (Lipinski definition) is 6. The lowest BCUT2D eigenvalue weighted by Crippen LogP contribution is -2.41. The number of amides is 1. The Morgan fingerprint density at radius 1 is 0.969 bits per heavy atom. The van der Waals surface area contributed by atoms with Crippen LogP contribution in [0, 0.1) is 5.41 Å². The summed E-state index contributed by atoms with van der Waals surface area (Å²) in [5, 5.41) is 0. The maximum absolute atomic E-state index is 13.2. The molecule has 0 N–H and O–H groups in total. The van der Waals surface area contributed by atoms with Crippen molar-refractivity contribution in [3.05, 3.63) is 54.2 Å². The SMILES string of the molecule is O=C1OCCN1c1ccc(S(=O)(=O)N2CCC3(CCN(Cc4ccccc4)CC3)C2)cn1. The number of carbonyl (C=O) groups is 1. The Bertz CT molecular complexity index is 1070. The maximum Gasteiger partial charge on any atom is 0.415 e. The fourth-order valence-electron chi connectivity index (χ4n) is 4.97. The van der Waals surface area contributed by atoms with Crippen LogP contribution in [-0.2, 0) is 21.3 Å². The third kappa shape index (κ3) is 4.12. The van der Waals surface area contributed by atoms with Crippen molar-refractivity contribution in [2.45, 2.75) is 30.7 Å². The van der Waals surface area contributed by atoms with E-state index in [0.29, 0.717) is 32.1 Å². The fraction of sp³-hybridized carbons (Fsp3) is 0.478. The molecule has 1 aromatic heterocycles. The van der Waals surface area contributed by atoms with Gasteiger partial charge in [0.05, 0.1) is 6.54 Å². The van der Waals surface area contributed by atoms with Crippen LogP contribution in [0.5, 0.6) is 0 Å². The summed E-state index contributed by atoms with van der Waals surface area (Å²) in [4.78, 5) is 20.0. The van der Waals surface area contributed by atoms with Crippen LogP contribution in [0.25, 0.3) is 0 Å². The van der Waals surface area contributed by atoms with Crippen LogP contribution < -0.4 is 4.90 Å². The number of piperidine rings is 1. The number of benzene rings is 1. The van der Waals surface area contributed by atoms with Crippen molar-refractivity contribution in [1.29, 1.82) is 0 Å². The van der Waals surface area contributed by atoms with Crippen molar-refractivity contribution in [3.8, 4) is 0 Å². The van der Waals surface area contributed by atoms with Crippen LogP contribution in [0.3, 0.4) is 0 Å². The Kier molecular flexibility index (Phi) is 5.65. The summed E-state index contributed by atoms with van der Waals surface area (Å²) in [5.41, 5.74) is 1.38. The summed E-state index contributed by atoms with van der Waals surface area (Å²) >= 11 is 0. The average molecular weight is 457 g/mol. The lowest BCUT2D eigenvalue weighted by molar-refractivity contribution is 0.109. The van der Waals surface area contributed by atoms with Crippen molar-refractivity contribution < 1.29 is 17.9 Å². The molecule has 3 aliphatic rings. The first-order valence-electron chi connectivity index (χ1n) is 11.1. The quantitative estimate of drug-likeness (QED) is 0.688. The topological polar surface area (TPSA) is 83.0 Å². The summed E-state index contributed by atoms with van der Waals surface area (Å²) in [5.74, 6) is 0.412. The molecular formula is C23H28N4O4S. The van der Waals surface area contributed by atoms with Gasteiger partial charge in [0.15, 0.2) is 0 Å². The number of sulfonamides is 1. The molecular weight excluding hydrogens is 428 g/mol. The molecule has 0 aliphatic carbocycles. The predicted octanol–water partition coefficient (Wildman–Crippen LogP) is 2.72. The second-order valence-electron chi connectivity index (χ2n) is 8.97. The van der Waals surface area contributed by atoms with Gasteiger partial charge in [-0.25, -0.2) is 18.2 Å². The highest BCUT2D eigenvalue weighted by Gasteiger charge is 2.44. The van der Waals surface area contributed by atoms with Crippen molar-refractivity contribution in [2.75, 3.05) is 44.2 Å². The molecule has 0 unspecified atom stereocenters. The van der Waals surface area contributed by atoms with Gasteiger partial charge >= 0.3 is 6.09 Å². The van der Waals surface area contributed by atoms with Gasteiger partial charge in [0.2, 0.25) is 10.0 Å². The van der Waals surface area contributed by atoms with E-state index >= 15 is 0 Å². The Labute approximate surface area is 188 Å². The van der Waals surface area contributed by atoms with Gasteiger partial charge in [-0.15, -0.1) is 0 Å². The fourth-order valence-corrected chi connectivity index (χ4v) is 6.47. The zero-order valence-corrected chi connectivity index (χ0v) is 18.8. The number of ether oxygens (including phenoxy) is 1. The number of cyclic esters (lactones) is 1. The highest BCUT2D eigenvalue weighted by atomic mass is 32.2. The van der Waals surface area contributed by atoms with Crippen LogP contribution >= 0.6 is 0 Å². The predicted molar refractivity (Wildman–Crippen MR) is 120 cm³/mol. The van der Waals surface area contributed by atoms with Crippen molar-refractivity contribution in [3.63, 3.8) is 0 Å². The largest absolute Gasteiger partial charge is 0.447 e. The molecule has 8 nitrogen and oxygen atoms in total. The Hall–Kier alpha value is -2.49. The maximum atomic E-state index is 13.2. The standard InChI is InChI=1S/C23H28N4O4S/c28-22-27(14-15-31-22)21-7-6-20(16-24-21)32(29,30)26-13-10-23(18-26)8-11-25(12-9-23)17-19-4-2-1-3-5-19/h1-7,16H,8-15,17-18H2. The molecule has 32 heavy (non-hydrogen) atoms. The number of nitrogens with zero attached hydrogens (tertiary/aromatic N) is 4. The van der Waals surface area contributed by atoms with E-state index in [-0.39, 0.29) is 10.3 Å². The number of anilines is 1. The smallest absolute Gasteiger partial charge is 0.415 e. The summed E-state index contributed by atoms with van der Waals surface area (Å²) in [6.07, 6.45) is 3.83. The highest BCUT2D eigenvalue weighted by molar-refractivity contribution is 7.89. The number of aromatic nitrogens is 1. The number of carbonyl (C=O) groups excluding carboxylic acids is 1. The second-order valence-corrected chi connectivity index (χ2v) is 10.9. The molecule has 170 valence electrons. The third-order valence-corrected chi connectivity index (χ3v) is 8.79. The van der Waals surface area contributed by atoms with Crippen LogP contribution in [0.1, 0.15) is 24.8 Å². The van der Waals surface area contributed by atoms with Crippen molar-refractivity contribution in [2.24, 2.45) is 5.41 Å². The zero-order valence-electron chi connectivity index (χ0n) is 18.0. The number of rotatable bonds is 5. The third-order valence-electron chi connectivity index (χ3n) is 6.96. The highest BCUT2D eigenvalue weighted by Crippen LogP contribution is 2.42. The zero-order chi connectivity index (χ0) is 22.2. The molecule has 3 saturated heterocycles. The summed E-state index contributed by atoms with van der Waals surface area (Å²) in [7, 11) is -3.61. The van der Waals surface area contributed by atoms with Crippen LogP contribution in [0.2, 0.25) is 0 Å². The van der Waals surface area contributed by atoms with E-state index in [0.717, 1.165) is 38.9 Å². The first kappa shape index (κ1) is 21.4. The van der Waals surface area contributed by atoms with E-state index in [1.54, 1.807) is 10.4 Å². The molecule has 2 aromatic rings. The van der Waals surface area contributed by atoms with E-state index in [2.05, 4.69) is 34.1 Å². The van der Waals surface area contributed by atoms with Crippen LogP contribution in [-0.4, -0.2) is 68.0 Å². The molecule has 3 aliphatic heterocycles. The molecule has 5 rings (SSSR count). The van der Waals surface area contributed by atoms with E-state index in [4.69, 9.17) is 4.74 Å². The van der Waals surface area contributed by atoms with E-state index in [1.807, 2.05) is 6.07 Å².